The maximum absolute atomic E-state index is 9.38. The van der Waals surface area contributed by atoms with Gasteiger partial charge in [-0.15, -0.1) is 0 Å². The highest BCUT2D eigenvalue weighted by Crippen LogP contribution is 2.39. The average Bonchev–Trinajstić information content (AvgIpc) is 2.92. The van der Waals surface area contributed by atoms with Gasteiger partial charge in [0.15, 0.2) is 0 Å². The number of hydrogen-bond acceptors (Lipinski definition) is 4. The van der Waals surface area contributed by atoms with Crippen molar-refractivity contribution in [3.63, 3.8) is 0 Å². The van der Waals surface area contributed by atoms with Gasteiger partial charge in [0.25, 0.3) is 0 Å². The third kappa shape index (κ3) is 3.15. The molecule has 4 nitrogen and oxygen atoms in total. The zero-order valence-corrected chi connectivity index (χ0v) is 16.3. The summed E-state index contributed by atoms with van der Waals surface area (Å²) >= 11 is 0. The van der Waals surface area contributed by atoms with Crippen LogP contribution < -0.4 is 9.80 Å². The van der Waals surface area contributed by atoms with Crippen LogP contribution in [0, 0.1) is 11.3 Å². The molecule has 2 aliphatic rings. The van der Waals surface area contributed by atoms with Crippen molar-refractivity contribution in [2.45, 2.75) is 19.4 Å². The van der Waals surface area contributed by atoms with Crippen LogP contribution in [0.25, 0.3) is 11.1 Å². The molecule has 5 rings (SSSR count). The van der Waals surface area contributed by atoms with E-state index >= 15 is 0 Å². The normalized spacial score (nSPS) is 15.2. The Morgan fingerprint density at radius 2 is 1.62 bits per heavy atom. The number of guanidine groups is 1. The monoisotopic (exact) mass is 378 g/mol. The molecule has 4 heteroatoms. The molecule has 0 radical (unpaired) electrons. The summed E-state index contributed by atoms with van der Waals surface area (Å²) in [5, 5.41) is 9.38. The standard InChI is InChI=1S/C25H22N4/c26-17-21-7-1-2-8-22(21)20-13-11-19(12-14-20)18-29-24-10-4-3-9-23(24)28-16-6-5-15-27-25(28)29/h1-4,7-14H,5-6,15-16,18H2. The predicted octanol–water partition coefficient (Wildman–Crippen LogP) is 5.20. The van der Waals surface area contributed by atoms with Gasteiger partial charge in [-0.2, -0.15) is 5.26 Å². The lowest BCUT2D eigenvalue weighted by Crippen LogP contribution is -2.38. The van der Waals surface area contributed by atoms with Crippen molar-refractivity contribution in [2.24, 2.45) is 4.99 Å². The first-order chi connectivity index (χ1) is 14.3. The molecular formula is C25H22N4. The Balaban J connectivity index is 1.45. The van der Waals surface area contributed by atoms with E-state index in [4.69, 9.17) is 4.99 Å². The average molecular weight is 378 g/mol. The fourth-order valence-electron chi connectivity index (χ4n) is 4.19. The van der Waals surface area contributed by atoms with Gasteiger partial charge in [-0.25, -0.2) is 0 Å². The molecule has 0 saturated heterocycles. The summed E-state index contributed by atoms with van der Waals surface area (Å²) in [7, 11) is 0. The van der Waals surface area contributed by atoms with Crippen LogP contribution in [-0.4, -0.2) is 19.0 Å². The third-order valence-corrected chi connectivity index (χ3v) is 5.64. The molecule has 0 fully saturated rings. The van der Waals surface area contributed by atoms with Gasteiger partial charge in [-0.05, 0) is 47.7 Å². The Morgan fingerprint density at radius 3 is 2.45 bits per heavy atom. The van der Waals surface area contributed by atoms with Gasteiger partial charge < -0.3 is 9.80 Å². The molecule has 142 valence electrons. The summed E-state index contributed by atoms with van der Waals surface area (Å²) in [6.07, 6.45) is 2.31. The lowest BCUT2D eigenvalue weighted by Gasteiger charge is -2.22. The number of aliphatic imine (C=N–C) groups is 1. The first-order valence-electron chi connectivity index (χ1n) is 10.1. The molecule has 0 spiro atoms. The molecule has 3 aromatic carbocycles. The van der Waals surface area contributed by atoms with Crippen molar-refractivity contribution in [3.05, 3.63) is 83.9 Å². The Morgan fingerprint density at radius 1 is 0.862 bits per heavy atom. The van der Waals surface area contributed by atoms with Gasteiger partial charge in [-0.3, -0.25) is 4.99 Å². The largest absolute Gasteiger partial charge is 0.310 e. The van der Waals surface area contributed by atoms with Gasteiger partial charge >= 0.3 is 0 Å². The number of nitrogens with zero attached hydrogens (tertiary/aromatic N) is 4. The topological polar surface area (TPSA) is 42.6 Å². The number of benzene rings is 3. The number of anilines is 2. The highest BCUT2D eigenvalue weighted by molar-refractivity contribution is 6.16. The second kappa shape index (κ2) is 7.44. The fraction of sp³-hybridized carbons (Fsp3) is 0.200. The number of para-hydroxylation sites is 2. The molecule has 3 aromatic rings. The fourth-order valence-corrected chi connectivity index (χ4v) is 4.19. The van der Waals surface area contributed by atoms with Crippen molar-refractivity contribution in [1.29, 1.82) is 5.26 Å². The summed E-state index contributed by atoms with van der Waals surface area (Å²) in [6, 6.07) is 27.2. The minimum Gasteiger partial charge on any atom is -0.310 e. The first-order valence-corrected chi connectivity index (χ1v) is 10.1. The molecule has 2 heterocycles. The van der Waals surface area contributed by atoms with E-state index in [-0.39, 0.29) is 0 Å². The van der Waals surface area contributed by atoms with E-state index in [2.05, 4.69) is 64.4 Å². The van der Waals surface area contributed by atoms with Crippen molar-refractivity contribution in [3.8, 4) is 17.2 Å². The lowest BCUT2D eigenvalue weighted by molar-refractivity contribution is 0.776. The van der Waals surface area contributed by atoms with Gasteiger partial charge in [0.05, 0.1) is 29.6 Å². The van der Waals surface area contributed by atoms with E-state index in [1.165, 1.54) is 23.4 Å². The van der Waals surface area contributed by atoms with Crippen LogP contribution in [0.4, 0.5) is 11.4 Å². The highest BCUT2D eigenvalue weighted by atomic mass is 15.4. The highest BCUT2D eigenvalue weighted by Gasteiger charge is 2.32. The van der Waals surface area contributed by atoms with Gasteiger partial charge in [0, 0.05) is 13.1 Å². The summed E-state index contributed by atoms with van der Waals surface area (Å²) in [6.45, 7) is 2.70. The molecule has 0 aliphatic carbocycles. The van der Waals surface area contributed by atoms with E-state index in [9.17, 15) is 5.26 Å². The van der Waals surface area contributed by atoms with Crippen molar-refractivity contribution in [1.82, 2.24) is 0 Å². The van der Waals surface area contributed by atoms with Crippen LogP contribution in [0.5, 0.6) is 0 Å². The molecule has 0 bridgehead atoms. The SMILES string of the molecule is N#Cc1ccccc1-c1ccc(CN2C3=NCCCCN3c3ccccc32)cc1. The Kier molecular flexibility index (Phi) is 4.50. The second-order valence-electron chi connectivity index (χ2n) is 7.47. The minimum absolute atomic E-state index is 0.706. The quantitative estimate of drug-likeness (QED) is 0.629. The van der Waals surface area contributed by atoms with Crippen LogP contribution in [0.15, 0.2) is 77.8 Å². The summed E-state index contributed by atoms with van der Waals surface area (Å²) in [4.78, 5) is 9.59. The maximum atomic E-state index is 9.38. The molecule has 0 N–H and O–H groups in total. The van der Waals surface area contributed by atoms with Crippen LogP contribution in [0.2, 0.25) is 0 Å². The zero-order chi connectivity index (χ0) is 19.6. The number of rotatable bonds is 3. The second-order valence-corrected chi connectivity index (χ2v) is 7.47. The van der Waals surface area contributed by atoms with E-state index in [1.807, 2.05) is 24.3 Å². The Bertz CT molecular complexity index is 1110. The van der Waals surface area contributed by atoms with E-state index in [0.29, 0.717) is 5.56 Å². The van der Waals surface area contributed by atoms with Crippen molar-refractivity contribution in [2.75, 3.05) is 22.9 Å². The van der Waals surface area contributed by atoms with Gasteiger partial charge in [-0.1, -0.05) is 54.6 Å². The van der Waals surface area contributed by atoms with E-state index < -0.39 is 0 Å². The Hall–Kier alpha value is -3.58. The summed E-state index contributed by atoms with van der Waals surface area (Å²) in [5.74, 6) is 1.07. The molecule has 0 amide bonds. The molecule has 0 aromatic heterocycles. The number of fused-ring (bicyclic) bond motifs is 3. The first kappa shape index (κ1) is 17.5. The summed E-state index contributed by atoms with van der Waals surface area (Å²) < 4.78 is 0. The molecule has 0 atom stereocenters. The van der Waals surface area contributed by atoms with Crippen LogP contribution in [0.3, 0.4) is 0 Å². The molecular weight excluding hydrogens is 356 g/mol. The summed E-state index contributed by atoms with van der Waals surface area (Å²) in [5.41, 5.74) is 6.47. The molecule has 2 aliphatic heterocycles. The van der Waals surface area contributed by atoms with Crippen LogP contribution in [0.1, 0.15) is 24.0 Å². The zero-order valence-electron chi connectivity index (χ0n) is 16.3. The van der Waals surface area contributed by atoms with E-state index in [1.54, 1.807) is 0 Å². The maximum Gasteiger partial charge on any atom is 0.206 e. The third-order valence-electron chi connectivity index (χ3n) is 5.64. The van der Waals surface area contributed by atoms with E-state index in [0.717, 1.165) is 43.1 Å². The molecule has 0 unspecified atom stereocenters. The smallest absolute Gasteiger partial charge is 0.206 e. The lowest BCUT2D eigenvalue weighted by atomic mass is 9.99. The van der Waals surface area contributed by atoms with Gasteiger partial charge in [0.1, 0.15) is 0 Å². The van der Waals surface area contributed by atoms with Crippen LogP contribution >= 0.6 is 0 Å². The Labute approximate surface area is 171 Å². The van der Waals surface area contributed by atoms with Crippen LogP contribution in [-0.2, 0) is 6.54 Å². The minimum atomic E-state index is 0.706. The van der Waals surface area contributed by atoms with Gasteiger partial charge in [0.2, 0.25) is 5.96 Å². The molecule has 29 heavy (non-hydrogen) atoms. The number of nitriles is 1. The molecule has 0 saturated carbocycles. The van der Waals surface area contributed by atoms with Crippen molar-refractivity contribution < 1.29 is 0 Å². The number of hydrogen-bond donors (Lipinski definition) is 0. The van der Waals surface area contributed by atoms with Crippen molar-refractivity contribution >= 4 is 17.3 Å². The predicted molar refractivity (Wildman–Crippen MR) is 118 cm³/mol.